The maximum atomic E-state index is 12.2. The van der Waals surface area contributed by atoms with Gasteiger partial charge in [-0.05, 0) is 51.8 Å². The average molecular weight is 419 g/mol. The number of hydrazone groups is 1. The highest BCUT2D eigenvalue weighted by atomic mass is 79.9. The van der Waals surface area contributed by atoms with Gasteiger partial charge < -0.3 is 14.2 Å². The summed E-state index contributed by atoms with van der Waals surface area (Å²) in [5, 5.41) is 3.98. The third-order valence-electron chi connectivity index (χ3n) is 3.31. The molecule has 2 aromatic rings. The number of nitrogens with zero attached hydrogens (tertiary/aromatic N) is 1. The third kappa shape index (κ3) is 5.35. The molecule has 0 atom stereocenters. The molecule has 2 rings (SSSR count). The first-order valence-electron chi connectivity index (χ1n) is 7.67. The summed E-state index contributed by atoms with van der Waals surface area (Å²) in [5.74, 6) is 1.38. The maximum absolute atomic E-state index is 12.2. The number of hydrogen-bond acceptors (Lipinski definition) is 5. The van der Waals surface area contributed by atoms with Crippen LogP contribution in [0.15, 0.2) is 58.6 Å². The molecular formula is C19H19BrN2O4. The number of methoxy groups -OCH3 is 2. The van der Waals surface area contributed by atoms with Crippen molar-refractivity contribution in [2.45, 2.75) is 0 Å². The van der Waals surface area contributed by atoms with Crippen LogP contribution < -0.4 is 19.6 Å². The Balaban J connectivity index is 2.05. The summed E-state index contributed by atoms with van der Waals surface area (Å²) in [6.45, 7) is 4.03. The molecule has 0 aliphatic heterocycles. The zero-order valence-electron chi connectivity index (χ0n) is 14.5. The van der Waals surface area contributed by atoms with Crippen LogP contribution in [0.1, 0.15) is 15.9 Å². The van der Waals surface area contributed by atoms with E-state index in [2.05, 4.69) is 33.0 Å². The van der Waals surface area contributed by atoms with Crippen molar-refractivity contribution >= 4 is 28.1 Å². The molecule has 0 bridgehead atoms. The van der Waals surface area contributed by atoms with E-state index in [4.69, 9.17) is 14.2 Å². The summed E-state index contributed by atoms with van der Waals surface area (Å²) >= 11 is 3.43. The van der Waals surface area contributed by atoms with Crippen molar-refractivity contribution in [3.05, 3.63) is 64.7 Å². The molecule has 6 nitrogen and oxygen atoms in total. The molecule has 2 aromatic carbocycles. The van der Waals surface area contributed by atoms with Gasteiger partial charge in [0.05, 0.1) is 24.9 Å². The molecular weight excluding hydrogens is 400 g/mol. The third-order valence-corrected chi connectivity index (χ3v) is 3.93. The highest BCUT2D eigenvalue weighted by molar-refractivity contribution is 9.10. The summed E-state index contributed by atoms with van der Waals surface area (Å²) in [4.78, 5) is 12.2. The lowest BCUT2D eigenvalue weighted by Gasteiger charge is -2.07. The van der Waals surface area contributed by atoms with Gasteiger partial charge >= 0.3 is 0 Å². The summed E-state index contributed by atoms with van der Waals surface area (Å²) in [5.41, 5.74) is 3.66. The smallest absolute Gasteiger partial charge is 0.271 e. The van der Waals surface area contributed by atoms with Gasteiger partial charge in [0.15, 0.2) is 0 Å². The molecule has 0 spiro atoms. The number of carbonyl (C=O) groups is 1. The molecule has 26 heavy (non-hydrogen) atoms. The number of ether oxygens (including phenoxy) is 3. The SMILES string of the molecule is C=CCOc1ccc(C=NNC(=O)c2cc(OC)cc(OC)c2)cc1Br. The first-order chi connectivity index (χ1) is 12.6. The fourth-order valence-corrected chi connectivity index (χ4v) is 2.54. The minimum atomic E-state index is -0.372. The lowest BCUT2D eigenvalue weighted by atomic mass is 10.2. The second kappa shape index (κ2) is 9.62. The Hall–Kier alpha value is -2.80. The molecule has 1 N–H and O–H groups in total. The summed E-state index contributed by atoms with van der Waals surface area (Å²) in [6, 6.07) is 10.4. The van der Waals surface area contributed by atoms with Crippen LogP contribution in [0.2, 0.25) is 0 Å². The van der Waals surface area contributed by atoms with Crippen LogP contribution in [-0.4, -0.2) is 32.9 Å². The maximum Gasteiger partial charge on any atom is 0.271 e. The van der Waals surface area contributed by atoms with Gasteiger partial charge in [-0.1, -0.05) is 12.7 Å². The Morgan fingerprint density at radius 1 is 1.19 bits per heavy atom. The monoisotopic (exact) mass is 418 g/mol. The van der Waals surface area contributed by atoms with Gasteiger partial charge in [-0.25, -0.2) is 5.43 Å². The van der Waals surface area contributed by atoms with Gasteiger partial charge in [-0.3, -0.25) is 4.79 Å². The first-order valence-corrected chi connectivity index (χ1v) is 8.46. The van der Waals surface area contributed by atoms with E-state index in [1.807, 2.05) is 18.2 Å². The van der Waals surface area contributed by atoms with Gasteiger partial charge in [0.25, 0.3) is 5.91 Å². The molecule has 1 amide bonds. The van der Waals surface area contributed by atoms with Crippen LogP contribution in [0.5, 0.6) is 17.2 Å². The van der Waals surface area contributed by atoms with Crippen molar-refractivity contribution < 1.29 is 19.0 Å². The fraction of sp³-hybridized carbons (Fsp3) is 0.158. The molecule has 0 radical (unpaired) electrons. The lowest BCUT2D eigenvalue weighted by Crippen LogP contribution is -2.17. The van der Waals surface area contributed by atoms with Crippen LogP contribution >= 0.6 is 15.9 Å². The molecule has 0 aromatic heterocycles. The van der Waals surface area contributed by atoms with Gasteiger partial charge in [-0.15, -0.1) is 0 Å². The fourth-order valence-electron chi connectivity index (χ4n) is 2.03. The number of carbonyl (C=O) groups excluding carboxylic acids is 1. The van der Waals surface area contributed by atoms with Gasteiger partial charge in [-0.2, -0.15) is 5.10 Å². The molecule has 0 heterocycles. The van der Waals surface area contributed by atoms with Crippen LogP contribution in [0.4, 0.5) is 0 Å². The summed E-state index contributed by atoms with van der Waals surface area (Å²) in [6.07, 6.45) is 3.21. The largest absolute Gasteiger partial charge is 0.497 e. The van der Waals surface area contributed by atoms with Crippen LogP contribution in [0.3, 0.4) is 0 Å². The Labute approximate surface area is 160 Å². The Morgan fingerprint density at radius 3 is 2.46 bits per heavy atom. The molecule has 0 saturated carbocycles. The summed E-state index contributed by atoms with van der Waals surface area (Å²) < 4.78 is 16.6. The molecule has 0 aliphatic rings. The molecule has 136 valence electrons. The predicted octanol–water partition coefficient (Wildman–Crippen LogP) is 3.80. The number of amides is 1. The number of halogens is 1. The molecule has 0 fully saturated rings. The molecule has 7 heteroatoms. The number of benzene rings is 2. The van der Waals surface area contributed by atoms with E-state index in [0.29, 0.717) is 29.4 Å². The lowest BCUT2D eigenvalue weighted by molar-refractivity contribution is 0.0954. The second-order valence-corrected chi connectivity index (χ2v) is 5.94. The van der Waals surface area contributed by atoms with E-state index in [1.165, 1.54) is 20.4 Å². The number of nitrogens with one attached hydrogen (secondary N) is 1. The van der Waals surface area contributed by atoms with Crippen LogP contribution in [0, 0.1) is 0 Å². The van der Waals surface area contributed by atoms with Crippen molar-refractivity contribution in [1.82, 2.24) is 5.43 Å². The van der Waals surface area contributed by atoms with E-state index in [9.17, 15) is 4.79 Å². The molecule has 0 aliphatic carbocycles. The normalized spacial score (nSPS) is 10.4. The standard InChI is InChI=1S/C19H19BrN2O4/c1-4-7-26-18-6-5-13(8-17(18)20)12-21-22-19(23)14-9-15(24-2)11-16(10-14)25-3/h4-6,8-12H,1,7H2,2-3H3,(H,22,23). The molecule has 0 unspecified atom stereocenters. The van der Waals surface area contributed by atoms with Gasteiger partial charge in [0.2, 0.25) is 0 Å². The zero-order valence-corrected chi connectivity index (χ0v) is 16.1. The minimum absolute atomic E-state index is 0.372. The van der Waals surface area contributed by atoms with E-state index >= 15 is 0 Å². The van der Waals surface area contributed by atoms with Gasteiger partial charge in [0.1, 0.15) is 23.9 Å². The topological polar surface area (TPSA) is 69.2 Å². The predicted molar refractivity (Wildman–Crippen MR) is 104 cm³/mol. The van der Waals surface area contributed by atoms with E-state index in [1.54, 1.807) is 24.3 Å². The molecule has 0 saturated heterocycles. The van der Waals surface area contributed by atoms with Crippen molar-refractivity contribution in [3.8, 4) is 17.2 Å². The van der Waals surface area contributed by atoms with E-state index < -0.39 is 0 Å². The van der Waals surface area contributed by atoms with Crippen molar-refractivity contribution in [1.29, 1.82) is 0 Å². The Kier molecular flexibility index (Phi) is 7.23. The van der Waals surface area contributed by atoms with Crippen molar-refractivity contribution in [2.75, 3.05) is 20.8 Å². The minimum Gasteiger partial charge on any atom is -0.497 e. The number of hydrogen-bond donors (Lipinski definition) is 1. The zero-order chi connectivity index (χ0) is 18.9. The van der Waals surface area contributed by atoms with Crippen molar-refractivity contribution in [2.24, 2.45) is 5.10 Å². The quantitative estimate of drug-likeness (QED) is 0.402. The Bertz CT molecular complexity index is 799. The van der Waals surface area contributed by atoms with E-state index in [0.717, 1.165) is 10.0 Å². The average Bonchev–Trinajstić information content (AvgIpc) is 2.66. The number of rotatable bonds is 8. The highest BCUT2D eigenvalue weighted by Crippen LogP contribution is 2.25. The van der Waals surface area contributed by atoms with Crippen LogP contribution in [0.25, 0.3) is 0 Å². The highest BCUT2D eigenvalue weighted by Gasteiger charge is 2.09. The Morgan fingerprint density at radius 2 is 1.88 bits per heavy atom. The summed E-state index contributed by atoms with van der Waals surface area (Å²) in [7, 11) is 3.05. The van der Waals surface area contributed by atoms with Gasteiger partial charge in [0, 0.05) is 11.6 Å². The van der Waals surface area contributed by atoms with Crippen LogP contribution in [-0.2, 0) is 0 Å². The second-order valence-electron chi connectivity index (χ2n) is 5.09. The first kappa shape index (κ1) is 19.5. The van der Waals surface area contributed by atoms with E-state index in [-0.39, 0.29) is 5.91 Å². The van der Waals surface area contributed by atoms with Crippen molar-refractivity contribution in [3.63, 3.8) is 0 Å².